The van der Waals surface area contributed by atoms with Crippen molar-refractivity contribution in [2.24, 2.45) is 0 Å². The van der Waals surface area contributed by atoms with Crippen LogP contribution in [0.1, 0.15) is 58.6 Å². The summed E-state index contributed by atoms with van der Waals surface area (Å²) in [6.07, 6.45) is 2.05. The molecule has 0 aliphatic carbocycles. The number of unbranched alkanes of at least 4 members (excludes halogenated alkanes) is 1. The fourth-order valence-corrected chi connectivity index (χ4v) is 2.92. The second-order valence-electron chi connectivity index (χ2n) is 6.64. The molecule has 1 aliphatic heterocycles. The van der Waals surface area contributed by atoms with E-state index < -0.39 is 12.0 Å². The van der Waals surface area contributed by atoms with Crippen LogP contribution in [0.15, 0.2) is 29.5 Å². The SMILES string of the molecule is CCCCC1=C(C(=O)OC(C)C)C(c2ccc(O)c(OCC)c2)NC(=O)N1. The lowest BCUT2D eigenvalue weighted by atomic mass is 9.93. The zero-order chi connectivity index (χ0) is 20.0. The zero-order valence-electron chi connectivity index (χ0n) is 16.3. The standard InChI is InChI=1S/C20H28N2O5/c1-5-7-8-14-17(19(24)27-12(3)4)18(22-20(25)21-14)13-9-10-15(23)16(11-13)26-6-2/h9-12,18,23H,5-8H2,1-4H3,(H2,21,22,25). The van der Waals surface area contributed by atoms with Crippen molar-refractivity contribution in [2.75, 3.05) is 6.61 Å². The Bertz CT molecular complexity index is 727. The van der Waals surface area contributed by atoms with Crippen LogP contribution in [-0.4, -0.2) is 29.8 Å². The van der Waals surface area contributed by atoms with Crippen molar-refractivity contribution in [3.05, 3.63) is 35.0 Å². The van der Waals surface area contributed by atoms with Crippen LogP contribution in [-0.2, 0) is 9.53 Å². The van der Waals surface area contributed by atoms with Crippen molar-refractivity contribution < 1.29 is 24.2 Å². The molecule has 148 valence electrons. The van der Waals surface area contributed by atoms with Crippen molar-refractivity contribution in [1.82, 2.24) is 10.6 Å². The number of allylic oxidation sites excluding steroid dienone is 1. The van der Waals surface area contributed by atoms with Gasteiger partial charge in [-0.15, -0.1) is 0 Å². The third-order valence-electron chi connectivity index (χ3n) is 4.11. The molecule has 3 N–H and O–H groups in total. The van der Waals surface area contributed by atoms with Gasteiger partial charge in [-0.1, -0.05) is 19.4 Å². The lowest BCUT2D eigenvalue weighted by Gasteiger charge is -2.30. The van der Waals surface area contributed by atoms with Crippen molar-refractivity contribution in [3.63, 3.8) is 0 Å². The minimum atomic E-state index is -0.684. The van der Waals surface area contributed by atoms with E-state index in [-0.39, 0.29) is 17.9 Å². The summed E-state index contributed by atoms with van der Waals surface area (Å²) in [4.78, 5) is 25.0. The highest BCUT2D eigenvalue weighted by Gasteiger charge is 2.34. The Morgan fingerprint density at radius 3 is 2.67 bits per heavy atom. The molecule has 0 saturated heterocycles. The number of urea groups is 1. The van der Waals surface area contributed by atoms with E-state index in [2.05, 4.69) is 10.6 Å². The Kier molecular flexibility index (Phi) is 7.10. The van der Waals surface area contributed by atoms with Gasteiger partial charge in [0.2, 0.25) is 0 Å². The Balaban J connectivity index is 2.51. The highest BCUT2D eigenvalue weighted by atomic mass is 16.5. The predicted octanol–water partition coefficient (Wildman–Crippen LogP) is 3.54. The van der Waals surface area contributed by atoms with Gasteiger partial charge in [-0.05, 0) is 51.3 Å². The number of phenolic OH excluding ortho intramolecular Hbond substituents is 1. The van der Waals surface area contributed by atoms with Crippen molar-refractivity contribution in [1.29, 1.82) is 0 Å². The Morgan fingerprint density at radius 2 is 2.04 bits per heavy atom. The number of ether oxygens (including phenoxy) is 2. The number of aromatic hydroxyl groups is 1. The number of hydrogen-bond donors (Lipinski definition) is 3. The number of esters is 1. The average Bonchev–Trinajstić information content (AvgIpc) is 2.60. The summed E-state index contributed by atoms with van der Waals surface area (Å²) in [7, 11) is 0. The quantitative estimate of drug-likeness (QED) is 0.603. The summed E-state index contributed by atoms with van der Waals surface area (Å²) in [5, 5.41) is 15.5. The number of carbonyl (C=O) groups excluding carboxylic acids is 2. The molecule has 7 heteroatoms. The summed E-state index contributed by atoms with van der Waals surface area (Å²) >= 11 is 0. The van der Waals surface area contributed by atoms with Gasteiger partial charge in [0.25, 0.3) is 0 Å². The maximum Gasteiger partial charge on any atom is 0.338 e. The molecule has 2 rings (SSSR count). The fraction of sp³-hybridized carbons (Fsp3) is 0.500. The van der Waals surface area contributed by atoms with Crippen molar-refractivity contribution in [3.8, 4) is 11.5 Å². The van der Waals surface area contributed by atoms with Crippen LogP contribution in [0.5, 0.6) is 11.5 Å². The first-order valence-corrected chi connectivity index (χ1v) is 9.34. The minimum Gasteiger partial charge on any atom is -0.504 e. The summed E-state index contributed by atoms with van der Waals surface area (Å²) < 4.78 is 10.9. The number of nitrogens with one attached hydrogen (secondary N) is 2. The Hall–Kier alpha value is -2.70. The van der Waals surface area contributed by atoms with Crippen LogP contribution in [0.25, 0.3) is 0 Å². The maximum atomic E-state index is 12.8. The van der Waals surface area contributed by atoms with E-state index >= 15 is 0 Å². The molecule has 1 aromatic rings. The van der Waals surface area contributed by atoms with Crippen LogP contribution >= 0.6 is 0 Å². The van der Waals surface area contributed by atoms with Crippen LogP contribution < -0.4 is 15.4 Å². The summed E-state index contributed by atoms with van der Waals surface area (Å²) in [6.45, 7) is 7.80. The van der Waals surface area contributed by atoms with E-state index in [9.17, 15) is 14.7 Å². The van der Waals surface area contributed by atoms with Gasteiger partial charge in [-0.25, -0.2) is 9.59 Å². The third kappa shape index (κ3) is 5.15. The number of phenols is 1. The molecule has 0 bridgehead atoms. The normalized spacial score (nSPS) is 16.8. The second kappa shape index (κ2) is 9.30. The zero-order valence-corrected chi connectivity index (χ0v) is 16.3. The predicted molar refractivity (Wildman–Crippen MR) is 101 cm³/mol. The van der Waals surface area contributed by atoms with E-state index in [1.807, 2.05) is 13.8 Å². The largest absolute Gasteiger partial charge is 0.504 e. The topological polar surface area (TPSA) is 96.9 Å². The monoisotopic (exact) mass is 376 g/mol. The molecule has 0 fully saturated rings. The lowest BCUT2D eigenvalue weighted by molar-refractivity contribution is -0.143. The van der Waals surface area contributed by atoms with E-state index in [0.717, 1.165) is 12.8 Å². The van der Waals surface area contributed by atoms with Crippen molar-refractivity contribution >= 4 is 12.0 Å². The second-order valence-corrected chi connectivity index (χ2v) is 6.64. The number of carbonyl (C=O) groups is 2. The van der Waals surface area contributed by atoms with Gasteiger partial charge in [0, 0.05) is 5.70 Å². The van der Waals surface area contributed by atoms with Gasteiger partial charge in [-0.3, -0.25) is 0 Å². The first-order valence-electron chi connectivity index (χ1n) is 9.34. The molecule has 0 radical (unpaired) electrons. The fourth-order valence-electron chi connectivity index (χ4n) is 2.92. The number of amides is 2. The molecule has 1 unspecified atom stereocenters. The van der Waals surface area contributed by atoms with Crippen LogP contribution in [0.2, 0.25) is 0 Å². The van der Waals surface area contributed by atoms with Crippen LogP contribution in [0.4, 0.5) is 4.79 Å². The highest BCUT2D eigenvalue weighted by Crippen LogP contribution is 2.35. The van der Waals surface area contributed by atoms with E-state index in [1.54, 1.807) is 26.0 Å². The Morgan fingerprint density at radius 1 is 1.30 bits per heavy atom. The molecule has 0 spiro atoms. The average molecular weight is 376 g/mol. The van der Waals surface area contributed by atoms with E-state index in [0.29, 0.717) is 35.6 Å². The molecule has 27 heavy (non-hydrogen) atoms. The smallest absolute Gasteiger partial charge is 0.338 e. The minimum absolute atomic E-state index is 0.00218. The van der Waals surface area contributed by atoms with Gasteiger partial charge in [0.1, 0.15) is 0 Å². The first-order chi connectivity index (χ1) is 12.9. The molecule has 7 nitrogen and oxygen atoms in total. The van der Waals surface area contributed by atoms with E-state index in [4.69, 9.17) is 9.47 Å². The molecule has 1 aromatic carbocycles. The molecular weight excluding hydrogens is 348 g/mol. The number of rotatable bonds is 8. The number of hydrogen-bond acceptors (Lipinski definition) is 5. The van der Waals surface area contributed by atoms with Gasteiger partial charge >= 0.3 is 12.0 Å². The van der Waals surface area contributed by atoms with Crippen LogP contribution in [0, 0.1) is 0 Å². The summed E-state index contributed by atoms with van der Waals surface area (Å²) in [5.74, 6) is -0.170. The molecular formula is C20H28N2O5. The Labute approximate surface area is 159 Å². The molecule has 2 amide bonds. The van der Waals surface area contributed by atoms with Gasteiger partial charge in [0.15, 0.2) is 11.5 Å². The van der Waals surface area contributed by atoms with E-state index in [1.165, 1.54) is 6.07 Å². The first kappa shape index (κ1) is 20.6. The maximum absolute atomic E-state index is 12.8. The molecule has 0 saturated carbocycles. The third-order valence-corrected chi connectivity index (χ3v) is 4.11. The molecule has 1 heterocycles. The van der Waals surface area contributed by atoms with Crippen molar-refractivity contribution in [2.45, 2.75) is 59.1 Å². The number of benzene rings is 1. The van der Waals surface area contributed by atoms with Gasteiger partial charge in [-0.2, -0.15) is 0 Å². The van der Waals surface area contributed by atoms with Gasteiger partial charge < -0.3 is 25.2 Å². The molecule has 1 atom stereocenters. The summed E-state index contributed by atoms with van der Waals surface area (Å²) in [5.41, 5.74) is 1.59. The van der Waals surface area contributed by atoms with Gasteiger partial charge in [0.05, 0.1) is 24.3 Å². The van der Waals surface area contributed by atoms with Crippen LogP contribution in [0.3, 0.4) is 0 Å². The lowest BCUT2D eigenvalue weighted by Crippen LogP contribution is -2.46. The highest BCUT2D eigenvalue weighted by molar-refractivity contribution is 5.95. The summed E-state index contributed by atoms with van der Waals surface area (Å²) in [6, 6.07) is 3.73. The molecule has 1 aliphatic rings. The molecule has 0 aromatic heterocycles.